The molecule has 3 rings (SSSR count). The molecule has 0 spiro atoms. The lowest BCUT2D eigenvalue weighted by Gasteiger charge is -2.13. The van der Waals surface area contributed by atoms with Gasteiger partial charge in [0.1, 0.15) is 5.82 Å². The maximum atomic E-state index is 13.0. The molecule has 0 heterocycles. The maximum absolute atomic E-state index is 13.0. The van der Waals surface area contributed by atoms with Gasteiger partial charge in [-0.15, -0.1) is 0 Å². The van der Waals surface area contributed by atoms with Gasteiger partial charge in [0.2, 0.25) is 0 Å². The molecule has 7 nitrogen and oxygen atoms in total. The number of nitrogens with zero attached hydrogens (tertiary/aromatic N) is 1. The van der Waals surface area contributed by atoms with Gasteiger partial charge >= 0.3 is 0 Å². The topological polar surface area (TPSA) is 89.0 Å². The van der Waals surface area contributed by atoms with Gasteiger partial charge in [-0.3, -0.25) is 9.59 Å². The van der Waals surface area contributed by atoms with Gasteiger partial charge in [0.25, 0.3) is 11.8 Å². The minimum absolute atomic E-state index is 0.260. The molecule has 0 saturated carbocycles. The maximum Gasteiger partial charge on any atom is 0.271 e. The van der Waals surface area contributed by atoms with Crippen LogP contribution in [0.1, 0.15) is 15.9 Å². The third kappa shape index (κ3) is 6.51. The largest absolute Gasteiger partial charge is 0.493 e. The van der Waals surface area contributed by atoms with Gasteiger partial charge in [0, 0.05) is 11.3 Å². The van der Waals surface area contributed by atoms with E-state index in [0.717, 1.165) is 0 Å². The molecule has 0 aliphatic carbocycles. The fourth-order valence-electron chi connectivity index (χ4n) is 2.64. The first kappa shape index (κ1) is 23.2. The highest BCUT2D eigenvalue weighted by Gasteiger charge is 2.13. The van der Waals surface area contributed by atoms with Crippen molar-refractivity contribution < 1.29 is 23.5 Å². The molecule has 9 heteroatoms. The van der Waals surface area contributed by atoms with Crippen molar-refractivity contribution in [2.45, 2.75) is 0 Å². The number of hydrogen-bond acceptors (Lipinski definition) is 5. The molecule has 2 N–H and O–H groups in total. The van der Waals surface area contributed by atoms with Crippen LogP contribution in [0.15, 0.2) is 71.8 Å². The molecule has 0 unspecified atom stereocenters. The normalized spacial score (nSPS) is 10.6. The Bertz CT molecular complexity index is 1120. The Hall–Kier alpha value is -3.47. The summed E-state index contributed by atoms with van der Waals surface area (Å²) >= 11 is 2.06. The fourth-order valence-corrected chi connectivity index (χ4v) is 3.42. The second kappa shape index (κ2) is 11.2. The molecule has 0 aromatic heterocycles. The van der Waals surface area contributed by atoms with Gasteiger partial charge < -0.3 is 14.8 Å². The highest BCUT2D eigenvalue weighted by molar-refractivity contribution is 14.1. The van der Waals surface area contributed by atoms with E-state index in [-0.39, 0.29) is 18.3 Å². The van der Waals surface area contributed by atoms with Crippen LogP contribution < -0.4 is 20.2 Å². The second-order valence-corrected chi connectivity index (χ2v) is 7.61. The quantitative estimate of drug-likeness (QED) is 0.251. The Morgan fingerprint density at radius 2 is 1.81 bits per heavy atom. The van der Waals surface area contributed by atoms with Gasteiger partial charge in [-0.25, -0.2) is 9.82 Å². The van der Waals surface area contributed by atoms with Crippen molar-refractivity contribution in [3.8, 4) is 11.5 Å². The van der Waals surface area contributed by atoms with E-state index >= 15 is 0 Å². The van der Waals surface area contributed by atoms with Crippen LogP contribution in [0, 0.1) is 9.39 Å². The molecule has 0 saturated heterocycles. The van der Waals surface area contributed by atoms with Crippen LogP contribution in [-0.2, 0) is 4.79 Å². The van der Waals surface area contributed by atoms with Crippen molar-refractivity contribution in [3.05, 3.63) is 87.2 Å². The van der Waals surface area contributed by atoms with E-state index < -0.39 is 5.91 Å². The number of carbonyl (C=O) groups excluding carboxylic acids is 2. The van der Waals surface area contributed by atoms with Crippen LogP contribution in [0.2, 0.25) is 0 Å². The monoisotopic (exact) mass is 547 g/mol. The molecule has 32 heavy (non-hydrogen) atoms. The van der Waals surface area contributed by atoms with Crippen molar-refractivity contribution >= 4 is 46.3 Å². The van der Waals surface area contributed by atoms with Crippen LogP contribution in [-0.4, -0.2) is 31.7 Å². The molecule has 0 fully saturated rings. The number of benzene rings is 3. The van der Waals surface area contributed by atoms with Crippen LogP contribution in [0.4, 0.5) is 10.1 Å². The van der Waals surface area contributed by atoms with Crippen molar-refractivity contribution in [1.29, 1.82) is 0 Å². The molecule has 0 bridgehead atoms. The summed E-state index contributed by atoms with van der Waals surface area (Å²) in [6.07, 6.45) is 1.48. The Morgan fingerprint density at radius 1 is 1.09 bits per heavy atom. The minimum Gasteiger partial charge on any atom is -0.493 e. The highest BCUT2D eigenvalue weighted by Crippen LogP contribution is 2.33. The van der Waals surface area contributed by atoms with Gasteiger partial charge in [0.15, 0.2) is 18.1 Å². The first-order chi connectivity index (χ1) is 15.5. The third-order valence-electron chi connectivity index (χ3n) is 4.14. The Kier molecular flexibility index (Phi) is 8.14. The fraction of sp³-hybridized carbons (Fsp3) is 0.0870. The van der Waals surface area contributed by atoms with E-state index in [9.17, 15) is 14.0 Å². The number of hydrogen-bond donors (Lipinski definition) is 2. The average Bonchev–Trinajstić information content (AvgIpc) is 2.80. The molecule has 0 radical (unpaired) electrons. The van der Waals surface area contributed by atoms with Gasteiger partial charge in [-0.05, 0) is 76.7 Å². The van der Waals surface area contributed by atoms with Crippen LogP contribution in [0.3, 0.4) is 0 Å². The summed E-state index contributed by atoms with van der Waals surface area (Å²) in [5.74, 6) is -0.309. The van der Waals surface area contributed by atoms with Gasteiger partial charge in [0.05, 0.1) is 16.9 Å². The van der Waals surface area contributed by atoms with Crippen molar-refractivity contribution in [2.75, 3.05) is 19.0 Å². The van der Waals surface area contributed by atoms with Crippen molar-refractivity contribution in [3.63, 3.8) is 0 Å². The lowest BCUT2D eigenvalue weighted by Crippen LogP contribution is -2.20. The molecule has 3 aromatic rings. The summed E-state index contributed by atoms with van der Waals surface area (Å²) in [4.78, 5) is 24.2. The van der Waals surface area contributed by atoms with E-state index in [4.69, 9.17) is 9.47 Å². The van der Waals surface area contributed by atoms with Crippen LogP contribution >= 0.6 is 22.6 Å². The summed E-state index contributed by atoms with van der Waals surface area (Å²) in [7, 11) is 1.48. The summed E-state index contributed by atoms with van der Waals surface area (Å²) in [5.41, 5.74) is 4.10. The van der Waals surface area contributed by atoms with E-state index in [2.05, 4.69) is 38.4 Å². The van der Waals surface area contributed by atoms with Gasteiger partial charge in [-0.2, -0.15) is 5.10 Å². The average molecular weight is 547 g/mol. The third-order valence-corrected chi connectivity index (χ3v) is 4.94. The molecular weight excluding hydrogens is 528 g/mol. The zero-order valence-electron chi connectivity index (χ0n) is 17.0. The number of halogens is 2. The predicted molar refractivity (Wildman–Crippen MR) is 128 cm³/mol. The van der Waals surface area contributed by atoms with E-state index in [1.165, 1.54) is 37.6 Å². The first-order valence-electron chi connectivity index (χ1n) is 9.40. The number of rotatable bonds is 8. The molecule has 0 atom stereocenters. The number of methoxy groups -OCH3 is 1. The van der Waals surface area contributed by atoms with E-state index in [0.29, 0.717) is 31.9 Å². The minimum atomic E-state index is -0.399. The second-order valence-electron chi connectivity index (χ2n) is 6.44. The van der Waals surface area contributed by atoms with E-state index in [1.807, 2.05) is 6.07 Å². The number of hydrazone groups is 1. The van der Waals surface area contributed by atoms with Crippen LogP contribution in [0.25, 0.3) is 0 Å². The number of anilines is 1. The van der Waals surface area contributed by atoms with Crippen LogP contribution in [0.5, 0.6) is 11.5 Å². The molecule has 3 aromatic carbocycles. The summed E-state index contributed by atoms with van der Waals surface area (Å²) in [6, 6.07) is 17.6. The number of nitrogens with one attached hydrogen (secondary N) is 2. The molecule has 164 valence electrons. The zero-order valence-corrected chi connectivity index (χ0v) is 19.1. The lowest BCUT2D eigenvalue weighted by atomic mass is 10.2. The summed E-state index contributed by atoms with van der Waals surface area (Å²) < 4.78 is 24.7. The SMILES string of the molecule is COc1cc(/C=N/NC(=O)c2ccccc2)cc(I)c1OCC(=O)Nc1ccc(F)cc1. The molecule has 0 aliphatic rings. The Balaban J connectivity index is 1.62. The zero-order chi connectivity index (χ0) is 22.9. The Labute approximate surface area is 197 Å². The van der Waals surface area contributed by atoms with Gasteiger partial charge in [-0.1, -0.05) is 18.2 Å². The highest BCUT2D eigenvalue weighted by atomic mass is 127. The predicted octanol–water partition coefficient (Wildman–Crippen LogP) is 4.22. The summed E-state index contributed by atoms with van der Waals surface area (Å²) in [5, 5.41) is 6.60. The summed E-state index contributed by atoms with van der Waals surface area (Å²) in [6.45, 7) is -0.260. The molecule has 0 aliphatic heterocycles. The molecule has 2 amide bonds. The molecular formula is C23H19FIN3O4. The first-order valence-corrected chi connectivity index (χ1v) is 10.5. The number of amides is 2. The van der Waals surface area contributed by atoms with Crippen molar-refractivity contribution in [1.82, 2.24) is 5.43 Å². The van der Waals surface area contributed by atoms with E-state index in [1.54, 1.807) is 36.4 Å². The van der Waals surface area contributed by atoms with Crippen molar-refractivity contribution in [2.24, 2.45) is 5.10 Å². The number of carbonyl (C=O) groups is 2. The Morgan fingerprint density at radius 3 is 2.50 bits per heavy atom. The number of ether oxygens (including phenoxy) is 2. The lowest BCUT2D eigenvalue weighted by molar-refractivity contribution is -0.118. The smallest absolute Gasteiger partial charge is 0.271 e. The standard InChI is InChI=1S/C23H19FIN3O4/c1-31-20-12-15(13-26-28-23(30)16-5-3-2-4-6-16)11-19(25)22(20)32-14-21(29)27-18-9-7-17(24)8-10-18/h2-13H,14H2,1H3,(H,27,29)(H,28,30)/b26-13+.